The lowest BCUT2D eigenvalue weighted by atomic mass is 10.1. The Hall–Kier alpha value is -1.84. The number of nitrogens with one attached hydrogen (secondary N) is 1. The summed E-state index contributed by atoms with van der Waals surface area (Å²) in [4.78, 5) is 21.6. The Morgan fingerprint density at radius 3 is 2.69 bits per heavy atom. The number of hydrogen-bond acceptors (Lipinski definition) is 4. The van der Waals surface area contributed by atoms with Crippen molar-refractivity contribution in [2.24, 2.45) is 5.92 Å². The summed E-state index contributed by atoms with van der Waals surface area (Å²) in [6, 6.07) is 7.12. The van der Waals surface area contributed by atoms with E-state index in [1.165, 1.54) is 0 Å². The molecule has 1 fully saturated rings. The van der Waals surface area contributed by atoms with Gasteiger partial charge in [0.2, 0.25) is 0 Å². The third-order valence-corrected chi connectivity index (χ3v) is 2.64. The third-order valence-electron chi connectivity index (χ3n) is 2.64. The van der Waals surface area contributed by atoms with Gasteiger partial charge in [-0.2, -0.15) is 0 Å². The standard InChI is InChI=1S/C12H13NO3/c14-8-9-1-3-11(4-2-9)13-7-10-5-6-16-12(10)15/h1-4,8,10,13H,5-7H2. The third kappa shape index (κ3) is 2.39. The zero-order valence-corrected chi connectivity index (χ0v) is 8.81. The van der Waals surface area contributed by atoms with Gasteiger partial charge in [-0.05, 0) is 30.7 Å². The summed E-state index contributed by atoms with van der Waals surface area (Å²) in [6.45, 7) is 1.11. The molecule has 0 spiro atoms. The minimum absolute atomic E-state index is 0.0502. The number of anilines is 1. The molecule has 84 valence electrons. The van der Waals surface area contributed by atoms with Crippen molar-refractivity contribution in [1.29, 1.82) is 0 Å². The number of carbonyl (C=O) groups excluding carboxylic acids is 2. The number of carbonyl (C=O) groups is 2. The van der Waals surface area contributed by atoms with Crippen LogP contribution >= 0.6 is 0 Å². The van der Waals surface area contributed by atoms with E-state index in [-0.39, 0.29) is 11.9 Å². The predicted octanol–water partition coefficient (Wildman–Crippen LogP) is 1.47. The van der Waals surface area contributed by atoms with Crippen molar-refractivity contribution >= 4 is 17.9 Å². The Labute approximate surface area is 93.6 Å². The molecule has 1 aromatic rings. The van der Waals surface area contributed by atoms with Gasteiger partial charge in [0.15, 0.2) is 0 Å². The van der Waals surface area contributed by atoms with Gasteiger partial charge < -0.3 is 10.1 Å². The van der Waals surface area contributed by atoms with E-state index in [0.29, 0.717) is 18.7 Å². The number of rotatable bonds is 4. The normalized spacial score (nSPS) is 19.2. The number of aldehydes is 1. The van der Waals surface area contributed by atoms with E-state index < -0.39 is 0 Å². The number of ether oxygens (including phenoxy) is 1. The quantitative estimate of drug-likeness (QED) is 0.615. The minimum atomic E-state index is -0.128. The van der Waals surface area contributed by atoms with E-state index in [9.17, 15) is 9.59 Å². The molecule has 1 heterocycles. The van der Waals surface area contributed by atoms with Crippen molar-refractivity contribution in [2.75, 3.05) is 18.5 Å². The van der Waals surface area contributed by atoms with Crippen LogP contribution in [0, 0.1) is 5.92 Å². The van der Waals surface area contributed by atoms with Crippen molar-refractivity contribution in [3.05, 3.63) is 29.8 Å². The highest BCUT2D eigenvalue weighted by Gasteiger charge is 2.25. The lowest BCUT2D eigenvalue weighted by Gasteiger charge is -2.09. The van der Waals surface area contributed by atoms with Gasteiger partial charge in [0.25, 0.3) is 0 Å². The van der Waals surface area contributed by atoms with Crippen LogP contribution in [0.15, 0.2) is 24.3 Å². The van der Waals surface area contributed by atoms with Crippen LogP contribution < -0.4 is 5.32 Å². The maximum absolute atomic E-state index is 11.2. The smallest absolute Gasteiger partial charge is 0.310 e. The Morgan fingerprint density at radius 1 is 1.38 bits per heavy atom. The molecule has 0 bridgehead atoms. The minimum Gasteiger partial charge on any atom is -0.465 e. The van der Waals surface area contributed by atoms with E-state index >= 15 is 0 Å². The molecular weight excluding hydrogens is 206 g/mol. The molecule has 1 N–H and O–H groups in total. The Morgan fingerprint density at radius 2 is 2.12 bits per heavy atom. The first-order valence-electron chi connectivity index (χ1n) is 5.25. The van der Waals surface area contributed by atoms with E-state index in [1.54, 1.807) is 12.1 Å². The van der Waals surface area contributed by atoms with Crippen molar-refractivity contribution in [1.82, 2.24) is 0 Å². The average Bonchev–Trinajstić information content (AvgIpc) is 2.73. The monoisotopic (exact) mass is 219 g/mol. The summed E-state index contributed by atoms with van der Waals surface area (Å²) >= 11 is 0. The number of esters is 1. The summed E-state index contributed by atoms with van der Waals surface area (Å²) in [6.07, 6.45) is 1.58. The highest BCUT2D eigenvalue weighted by atomic mass is 16.5. The molecule has 0 saturated carbocycles. The second kappa shape index (κ2) is 4.79. The number of hydrogen-bond donors (Lipinski definition) is 1. The van der Waals surface area contributed by atoms with Crippen LogP contribution in [0.3, 0.4) is 0 Å². The highest BCUT2D eigenvalue weighted by Crippen LogP contribution is 2.16. The van der Waals surface area contributed by atoms with Gasteiger partial charge in [0.1, 0.15) is 6.29 Å². The zero-order chi connectivity index (χ0) is 11.4. The molecule has 0 aliphatic carbocycles. The molecule has 0 aromatic heterocycles. The molecule has 4 heteroatoms. The van der Waals surface area contributed by atoms with E-state index in [0.717, 1.165) is 18.4 Å². The van der Waals surface area contributed by atoms with Gasteiger partial charge in [0, 0.05) is 17.8 Å². The van der Waals surface area contributed by atoms with Crippen molar-refractivity contribution in [3.63, 3.8) is 0 Å². The zero-order valence-electron chi connectivity index (χ0n) is 8.81. The molecule has 4 nitrogen and oxygen atoms in total. The first kappa shape index (κ1) is 10.7. The molecule has 1 saturated heterocycles. The van der Waals surface area contributed by atoms with Gasteiger partial charge in [-0.15, -0.1) is 0 Å². The van der Waals surface area contributed by atoms with E-state index in [2.05, 4.69) is 5.32 Å². The van der Waals surface area contributed by atoms with Crippen molar-refractivity contribution < 1.29 is 14.3 Å². The molecular formula is C12H13NO3. The van der Waals surface area contributed by atoms with Gasteiger partial charge >= 0.3 is 5.97 Å². The fraction of sp³-hybridized carbons (Fsp3) is 0.333. The summed E-state index contributed by atoms with van der Waals surface area (Å²) in [5.41, 5.74) is 1.55. The summed E-state index contributed by atoms with van der Waals surface area (Å²) in [5, 5.41) is 3.15. The Kier molecular flexibility index (Phi) is 3.19. The molecule has 0 amide bonds. The van der Waals surface area contributed by atoms with Gasteiger partial charge in [-0.25, -0.2) is 0 Å². The van der Waals surface area contributed by atoms with Crippen LogP contribution in [-0.2, 0) is 9.53 Å². The maximum atomic E-state index is 11.2. The second-order valence-electron chi connectivity index (χ2n) is 3.77. The topological polar surface area (TPSA) is 55.4 Å². The van der Waals surface area contributed by atoms with Crippen molar-refractivity contribution in [2.45, 2.75) is 6.42 Å². The van der Waals surface area contributed by atoms with E-state index in [1.807, 2.05) is 12.1 Å². The lowest BCUT2D eigenvalue weighted by molar-refractivity contribution is -0.140. The average molecular weight is 219 g/mol. The SMILES string of the molecule is O=Cc1ccc(NCC2CCOC2=O)cc1. The van der Waals surface area contributed by atoms with Gasteiger partial charge in [-0.1, -0.05) is 0 Å². The van der Waals surface area contributed by atoms with Crippen LogP contribution in [0.4, 0.5) is 5.69 Å². The van der Waals surface area contributed by atoms with Crippen LogP contribution in [-0.4, -0.2) is 25.4 Å². The molecule has 0 radical (unpaired) electrons. The van der Waals surface area contributed by atoms with E-state index in [4.69, 9.17) is 4.74 Å². The lowest BCUT2D eigenvalue weighted by Crippen LogP contribution is -2.18. The molecule has 1 aliphatic rings. The summed E-state index contributed by atoms with van der Waals surface area (Å²) in [5.74, 6) is -0.178. The highest BCUT2D eigenvalue weighted by molar-refractivity contribution is 5.76. The maximum Gasteiger partial charge on any atom is 0.310 e. The fourth-order valence-electron chi connectivity index (χ4n) is 1.64. The number of benzene rings is 1. The Bertz CT molecular complexity index is 386. The molecule has 1 atom stereocenters. The largest absolute Gasteiger partial charge is 0.465 e. The fourth-order valence-corrected chi connectivity index (χ4v) is 1.64. The Balaban J connectivity index is 1.89. The first-order valence-corrected chi connectivity index (χ1v) is 5.25. The van der Waals surface area contributed by atoms with Crippen LogP contribution in [0.5, 0.6) is 0 Å². The molecule has 16 heavy (non-hydrogen) atoms. The summed E-state index contributed by atoms with van der Waals surface area (Å²) in [7, 11) is 0. The molecule has 1 unspecified atom stereocenters. The molecule has 2 rings (SSSR count). The van der Waals surface area contributed by atoms with Crippen LogP contribution in [0.2, 0.25) is 0 Å². The van der Waals surface area contributed by atoms with Gasteiger partial charge in [0.05, 0.1) is 12.5 Å². The molecule has 1 aromatic carbocycles. The molecule has 1 aliphatic heterocycles. The second-order valence-corrected chi connectivity index (χ2v) is 3.77. The first-order chi connectivity index (χ1) is 7.79. The van der Waals surface area contributed by atoms with Crippen molar-refractivity contribution in [3.8, 4) is 0 Å². The van der Waals surface area contributed by atoms with Crippen LogP contribution in [0.25, 0.3) is 0 Å². The number of cyclic esters (lactones) is 1. The van der Waals surface area contributed by atoms with Gasteiger partial charge in [-0.3, -0.25) is 9.59 Å². The summed E-state index contributed by atoms with van der Waals surface area (Å²) < 4.78 is 4.87. The van der Waals surface area contributed by atoms with Crippen LogP contribution in [0.1, 0.15) is 16.8 Å². The predicted molar refractivity (Wildman–Crippen MR) is 59.4 cm³/mol.